The number of fused-ring (bicyclic) bond motifs is 1. The third kappa shape index (κ3) is 2.48. The fourth-order valence-electron chi connectivity index (χ4n) is 2.97. The van der Waals surface area contributed by atoms with Crippen LogP contribution in [0.1, 0.15) is 10.5 Å². The van der Waals surface area contributed by atoms with E-state index in [1.165, 1.54) is 0 Å². The average molecular weight is 323 g/mol. The van der Waals surface area contributed by atoms with Crippen LogP contribution in [0, 0.1) is 0 Å². The zero-order chi connectivity index (χ0) is 16.5. The Kier molecular flexibility index (Phi) is 3.62. The monoisotopic (exact) mass is 323 g/mol. The van der Waals surface area contributed by atoms with Crippen LogP contribution in [-0.2, 0) is 4.74 Å². The lowest BCUT2D eigenvalue weighted by Crippen LogP contribution is -2.36. The predicted octanol–water partition coefficient (Wildman–Crippen LogP) is 1.36. The van der Waals surface area contributed by atoms with E-state index in [1.54, 1.807) is 10.9 Å². The first-order chi connectivity index (χ1) is 11.7. The van der Waals surface area contributed by atoms with Crippen molar-refractivity contribution in [2.24, 2.45) is 5.73 Å². The number of anilines is 1. The maximum absolute atomic E-state index is 11.7. The van der Waals surface area contributed by atoms with Crippen molar-refractivity contribution in [1.29, 1.82) is 0 Å². The Labute approximate surface area is 138 Å². The van der Waals surface area contributed by atoms with E-state index in [-0.39, 0.29) is 5.69 Å². The number of nitrogens with two attached hydrogens (primary N) is 1. The number of carbonyl (C=O) groups excluding carboxylic acids is 1. The fourth-order valence-corrected chi connectivity index (χ4v) is 2.97. The van der Waals surface area contributed by atoms with Crippen LogP contribution >= 0.6 is 0 Å². The Morgan fingerprint density at radius 2 is 1.88 bits per heavy atom. The Hall–Kier alpha value is -2.93. The number of nitrogens with zero attached hydrogens (tertiary/aromatic N) is 4. The predicted molar refractivity (Wildman–Crippen MR) is 90.4 cm³/mol. The number of amides is 1. The van der Waals surface area contributed by atoms with Crippen LogP contribution in [0.2, 0.25) is 0 Å². The summed E-state index contributed by atoms with van der Waals surface area (Å²) in [6.07, 6.45) is 3.56. The summed E-state index contributed by atoms with van der Waals surface area (Å²) in [5, 5.41) is 5.14. The zero-order valence-corrected chi connectivity index (χ0v) is 13.1. The van der Waals surface area contributed by atoms with Gasteiger partial charge in [-0.3, -0.25) is 9.78 Å². The number of pyridine rings is 1. The van der Waals surface area contributed by atoms with E-state index in [4.69, 9.17) is 10.5 Å². The van der Waals surface area contributed by atoms with Gasteiger partial charge in [-0.15, -0.1) is 0 Å². The molecule has 0 atom stereocenters. The molecule has 2 aromatic heterocycles. The van der Waals surface area contributed by atoms with E-state index in [9.17, 15) is 4.79 Å². The first-order valence-corrected chi connectivity index (χ1v) is 7.80. The van der Waals surface area contributed by atoms with Crippen LogP contribution in [0.3, 0.4) is 0 Å². The van der Waals surface area contributed by atoms with Crippen molar-refractivity contribution >= 4 is 22.5 Å². The maximum atomic E-state index is 11.7. The minimum absolute atomic E-state index is 0.266. The molecule has 0 radical (unpaired) electrons. The molecule has 1 aliphatic rings. The third-order valence-corrected chi connectivity index (χ3v) is 4.15. The second kappa shape index (κ2) is 5.93. The van der Waals surface area contributed by atoms with Crippen molar-refractivity contribution in [1.82, 2.24) is 14.8 Å². The van der Waals surface area contributed by atoms with Gasteiger partial charge in [0.05, 0.1) is 42.5 Å². The van der Waals surface area contributed by atoms with Crippen molar-refractivity contribution < 1.29 is 9.53 Å². The summed E-state index contributed by atoms with van der Waals surface area (Å²) in [5.74, 6) is -0.540. The van der Waals surface area contributed by atoms with Crippen LogP contribution in [0.25, 0.3) is 16.6 Å². The van der Waals surface area contributed by atoms with Gasteiger partial charge in [0.2, 0.25) is 0 Å². The van der Waals surface area contributed by atoms with Gasteiger partial charge in [0.15, 0.2) is 5.69 Å². The van der Waals surface area contributed by atoms with Crippen molar-refractivity contribution in [2.45, 2.75) is 0 Å². The molecule has 0 spiro atoms. The first kappa shape index (κ1) is 14.6. The number of carbonyl (C=O) groups is 1. The molecular weight excluding hydrogens is 306 g/mol. The highest BCUT2D eigenvalue weighted by molar-refractivity contribution is 6.04. The van der Waals surface area contributed by atoms with Crippen LogP contribution in [0.5, 0.6) is 0 Å². The summed E-state index contributed by atoms with van der Waals surface area (Å²) >= 11 is 0. The topological polar surface area (TPSA) is 86.3 Å². The standard InChI is InChI=1S/C17H17N5O2/c18-17(23)16-14-3-1-2-4-15(14)22(20-16)13-9-12(10-19-11-13)21-5-7-24-8-6-21/h1-4,9-11H,5-8H2,(H2,18,23). The minimum atomic E-state index is -0.540. The van der Waals surface area contributed by atoms with Gasteiger partial charge in [0.25, 0.3) is 5.91 Å². The summed E-state index contributed by atoms with van der Waals surface area (Å²) < 4.78 is 7.11. The highest BCUT2D eigenvalue weighted by atomic mass is 16.5. The van der Waals surface area contributed by atoms with Gasteiger partial charge in [0, 0.05) is 18.5 Å². The molecule has 1 saturated heterocycles. The van der Waals surface area contributed by atoms with Crippen LogP contribution < -0.4 is 10.6 Å². The van der Waals surface area contributed by atoms with Crippen LogP contribution in [0.15, 0.2) is 42.7 Å². The molecule has 7 nitrogen and oxygen atoms in total. The summed E-state index contributed by atoms with van der Waals surface area (Å²) in [6, 6.07) is 9.55. The molecule has 1 aliphatic heterocycles. The first-order valence-electron chi connectivity index (χ1n) is 7.80. The molecule has 1 aromatic carbocycles. The summed E-state index contributed by atoms with van der Waals surface area (Å²) in [6.45, 7) is 3.08. The molecule has 0 unspecified atom stereocenters. The molecule has 24 heavy (non-hydrogen) atoms. The molecule has 7 heteroatoms. The van der Waals surface area contributed by atoms with Gasteiger partial charge in [-0.1, -0.05) is 18.2 Å². The number of hydrogen-bond donors (Lipinski definition) is 1. The van der Waals surface area contributed by atoms with Crippen LogP contribution in [0.4, 0.5) is 5.69 Å². The zero-order valence-electron chi connectivity index (χ0n) is 13.1. The maximum Gasteiger partial charge on any atom is 0.269 e. The average Bonchev–Trinajstić information content (AvgIpc) is 3.03. The third-order valence-electron chi connectivity index (χ3n) is 4.15. The second-order valence-corrected chi connectivity index (χ2v) is 5.64. The molecule has 122 valence electrons. The lowest BCUT2D eigenvalue weighted by atomic mass is 10.2. The summed E-state index contributed by atoms with van der Waals surface area (Å²) in [4.78, 5) is 18.2. The van der Waals surface area contributed by atoms with Crippen molar-refractivity contribution in [3.63, 3.8) is 0 Å². The van der Waals surface area contributed by atoms with Gasteiger partial charge in [-0.25, -0.2) is 4.68 Å². The fraction of sp³-hybridized carbons (Fsp3) is 0.235. The summed E-state index contributed by atoms with van der Waals surface area (Å²) in [7, 11) is 0. The number of primary amides is 1. The number of para-hydroxylation sites is 1. The minimum Gasteiger partial charge on any atom is -0.378 e. The molecule has 0 aliphatic carbocycles. The van der Waals surface area contributed by atoms with E-state index < -0.39 is 5.91 Å². The lowest BCUT2D eigenvalue weighted by Gasteiger charge is -2.28. The van der Waals surface area contributed by atoms with Gasteiger partial charge in [-0.2, -0.15) is 5.10 Å². The van der Waals surface area contributed by atoms with Gasteiger partial charge in [-0.05, 0) is 12.1 Å². The largest absolute Gasteiger partial charge is 0.378 e. The molecule has 3 heterocycles. The molecule has 2 N–H and O–H groups in total. The van der Waals surface area contributed by atoms with Crippen molar-refractivity contribution in [2.75, 3.05) is 31.2 Å². The molecule has 1 amide bonds. The smallest absolute Gasteiger partial charge is 0.269 e. The normalized spacial score (nSPS) is 14.9. The number of rotatable bonds is 3. The Morgan fingerprint density at radius 1 is 1.12 bits per heavy atom. The molecule has 3 aromatic rings. The molecule has 0 saturated carbocycles. The quantitative estimate of drug-likeness (QED) is 0.786. The molecular formula is C17H17N5O2. The molecule has 0 bridgehead atoms. The second-order valence-electron chi connectivity index (χ2n) is 5.64. The van der Waals surface area contributed by atoms with Gasteiger partial charge >= 0.3 is 0 Å². The van der Waals surface area contributed by atoms with Crippen molar-refractivity contribution in [3.05, 3.63) is 48.4 Å². The van der Waals surface area contributed by atoms with E-state index >= 15 is 0 Å². The number of aromatic nitrogens is 3. The number of ether oxygens (including phenoxy) is 1. The molecule has 4 rings (SSSR count). The summed E-state index contributed by atoms with van der Waals surface area (Å²) in [5.41, 5.74) is 8.36. The van der Waals surface area contributed by atoms with Crippen LogP contribution in [-0.4, -0.2) is 47.0 Å². The van der Waals surface area contributed by atoms with E-state index in [2.05, 4.69) is 15.0 Å². The van der Waals surface area contributed by atoms with E-state index in [1.807, 2.05) is 36.5 Å². The number of morpholine rings is 1. The van der Waals surface area contributed by atoms with Crippen molar-refractivity contribution in [3.8, 4) is 5.69 Å². The van der Waals surface area contributed by atoms with Gasteiger partial charge in [0.1, 0.15) is 0 Å². The van der Waals surface area contributed by atoms with Gasteiger partial charge < -0.3 is 15.4 Å². The highest BCUT2D eigenvalue weighted by Crippen LogP contribution is 2.24. The highest BCUT2D eigenvalue weighted by Gasteiger charge is 2.17. The Balaban J connectivity index is 1.81. The number of hydrogen-bond acceptors (Lipinski definition) is 5. The number of benzene rings is 1. The SMILES string of the molecule is NC(=O)c1nn(-c2cncc(N3CCOCC3)c2)c2ccccc12. The Morgan fingerprint density at radius 3 is 2.67 bits per heavy atom. The lowest BCUT2D eigenvalue weighted by molar-refractivity contribution is 0.0996. The molecule has 1 fully saturated rings. The van der Waals surface area contributed by atoms with E-state index in [0.717, 1.165) is 35.4 Å². The van der Waals surface area contributed by atoms with E-state index in [0.29, 0.717) is 13.2 Å². The Bertz CT molecular complexity index is 899.